The van der Waals surface area contributed by atoms with Gasteiger partial charge in [-0.05, 0) is 107 Å². The van der Waals surface area contributed by atoms with E-state index in [9.17, 15) is 24.3 Å². The zero-order chi connectivity index (χ0) is 43.6. The van der Waals surface area contributed by atoms with Crippen molar-refractivity contribution < 1.29 is 33.8 Å². The number of likely N-dealkylation sites (tertiary alicyclic amines) is 2. The molecule has 2 heterocycles. The molecule has 2 saturated heterocycles. The van der Waals surface area contributed by atoms with Gasteiger partial charge in [-0.25, -0.2) is 9.59 Å². The zero-order valence-electron chi connectivity index (χ0n) is 37.4. The number of allylic oxidation sites excluding steroid dienone is 1. The van der Waals surface area contributed by atoms with E-state index in [1.54, 1.807) is 9.80 Å². The van der Waals surface area contributed by atoms with E-state index in [2.05, 4.69) is 66.5 Å². The van der Waals surface area contributed by atoms with Crippen molar-refractivity contribution in [3.05, 3.63) is 84.1 Å². The first-order chi connectivity index (χ1) is 27.3. The summed E-state index contributed by atoms with van der Waals surface area (Å²) in [6.45, 7) is 23.0. The van der Waals surface area contributed by atoms with Crippen LogP contribution in [-0.4, -0.2) is 88.6 Å². The van der Waals surface area contributed by atoms with Gasteiger partial charge in [-0.1, -0.05) is 109 Å². The van der Waals surface area contributed by atoms with E-state index in [-0.39, 0.29) is 53.3 Å². The first-order valence-electron chi connectivity index (χ1n) is 21.2. The average Bonchev–Trinajstić information content (AvgIpc) is 3.87. The normalized spacial score (nSPS) is 18.1. The molecule has 0 radical (unpaired) electrons. The standard InChI is InChI=1S/C21H31NO3.C18H25NO3.C9H18OS/c1-15(2)17(14-16-10-7-6-8-11-16)19(23)22-13-9-12-18(22)20(24)25-21(3,4)5;1-13(2)15(12-14-8-5-4-6-9-14)17(20)19-11-7-10-16(19)18(21)22-3;1-7(2)9(8(3)10)5-6-11-4/h6-8,10-11,15,17-18H,9,12-14H2,1-5H3;4-6,8-9,13,15-16H,7,10-12H2,1-3H3;7,9-10H,3,5-6H2,1-2,4H3/t17?,18-;;/m0../s1. The average molecular weight is 823 g/mol. The number of amides is 2. The Balaban J connectivity index is 0.000000322. The van der Waals surface area contributed by atoms with Crippen LogP contribution in [-0.2, 0) is 41.5 Å². The van der Waals surface area contributed by atoms with Crippen molar-refractivity contribution in [2.75, 3.05) is 32.2 Å². The number of ether oxygens (including phenoxy) is 2. The number of aliphatic hydroxyl groups excluding tert-OH is 1. The lowest BCUT2D eigenvalue weighted by Gasteiger charge is -2.31. The van der Waals surface area contributed by atoms with Gasteiger partial charge in [-0.2, -0.15) is 11.8 Å². The van der Waals surface area contributed by atoms with E-state index < -0.39 is 17.7 Å². The van der Waals surface area contributed by atoms with Crippen LogP contribution in [0, 0.1) is 35.5 Å². The van der Waals surface area contributed by atoms with Gasteiger partial charge in [0.15, 0.2) is 0 Å². The number of thioether (sulfide) groups is 1. The molecule has 2 aromatic rings. The summed E-state index contributed by atoms with van der Waals surface area (Å²) in [5, 5.41) is 9.21. The molecule has 1 N–H and O–H groups in total. The van der Waals surface area contributed by atoms with Crippen LogP contribution in [0.5, 0.6) is 0 Å². The Hall–Kier alpha value is -3.79. The molecule has 0 saturated carbocycles. The maximum absolute atomic E-state index is 13.2. The maximum Gasteiger partial charge on any atom is 0.329 e. The fourth-order valence-corrected chi connectivity index (χ4v) is 8.05. The number of rotatable bonds is 15. The molecule has 10 heteroatoms. The van der Waals surface area contributed by atoms with Gasteiger partial charge in [0.25, 0.3) is 0 Å². The van der Waals surface area contributed by atoms with E-state index in [1.807, 2.05) is 81.1 Å². The number of nitrogens with zero attached hydrogens (tertiary/aromatic N) is 2. The van der Waals surface area contributed by atoms with E-state index in [0.717, 1.165) is 36.1 Å². The quantitative estimate of drug-likeness (QED) is 0.140. The first-order valence-corrected chi connectivity index (χ1v) is 22.6. The number of carbonyl (C=O) groups excluding carboxylic acids is 4. The highest BCUT2D eigenvalue weighted by molar-refractivity contribution is 7.98. The van der Waals surface area contributed by atoms with E-state index in [1.165, 1.54) is 7.11 Å². The van der Waals surface area contributed by atoms with Crippen LogP contribution >= 0.6 is 11.8 Å². The van der Waals surface area contributed by atoms with Gasteiger partial charge < -0.3 is 24.4 Å². The second-order valence-electron chi connectivity index (χ2n) is 17.6. The molecule has 0 spiro atoms. The molecule has 2 amide bonds. The van der Waals surface area contributed by atoms with Crippen molar-refractivity contribution in [3.63, 3.8) is 0 Å². The number of hydrogen-bond acceptors (Lipinski definition) is 8. The maximum atomic E-state index is 13.2. The van der Waals surface area contributed by atoms with Crippen molar-refractivity contribution in [2.45, 2.75) is 125 Å². The lowest BCUT2D eigenvalue weighted by Crippen LogP contribution is -2.47. The predicted molar refractivity (Wildman–Crippen MR) is 237 cm³/mol. The second-order valence-corrected chi connectivity index (χ2v) is 18.6. The van der Waals surface area contributed by atoms with Crippen LogP contribution in [0.25, 0.3) is 0 Å². The highest BCUT2D eigenvalue weighted by Crippen LogP contribution is 2.29. The Morgan fingerprint density at radius 1 is 0.724 bits per heavy atom. The number of benzene rings is 2. The number of esters is 2. The van der Waals surface area contributed by atoms with Gasteiger partial charge in [-0.3, -0.25) is 9.59 Å². The Kier molecular flexibility index (Phi) is 21.7. The van der Waals surface area contributed by atoms with Crippen LogP contribution < -0.4 is 0 Å². The van der Waals surface area contributed by atoms with Crippen molar-refractivity contribution in [3.8, 4) is 0 Å². The van der Waals surface area contributed by atoms with Crippen molar-refractivity contribution >= 4 is 35.5 Å². The minimum absolute atomic E-state index is 0.0757. The third-order valence-electron chi connectivity index (χ3n) is 10.9. The summed E-state index contributed by atoms with van der Waals surface area (Å²) in [6.07, 6.45) is 7.64. The van der Waals surface area contributed by atoms with E-state index in [4.69, 9.17) is 9.47 Å². The van der Waals surface area contributed by atoms with Crippen LogP contribution in [0.1, 0.15) is 106 Å². The van der Waals surface area contributed by atoms with Crippen molar-refractivity contribution in [1.29, 1.82) is 0 Å². The number of aliphatic hydroxyl groups is 1. The highest BCUT2D eigenvalue weighted by atomic mass is 32.2. The Labute approximate surface area is 354 Å². The lowest BCUT2D eigenvalue weighted by atomic mass is 9.87. The van der Waals surface area contributed by atoms with Crippen LogP contribution in [0.2, 0.25) is 0 Å². The van der Waals surface area contributed by atoms with Crippen molar-refractivity contribution in [1.82, 2.24) is 9.80 Å². The molecule has 2 aliphatic rings. The molecule has 4 unspecified atom stereocenters. The number of hydrogen-bond donors (Lipinski definition) is 1. The van der Waals surface area contributed by atoms with Crippen LogP contribution in [0.4, 0.5) is 0 Å². The fourth-order valence-electron chi connectivity index (χ4n) is 7.56. The fraction of sp³-hybridized carbons (Fsp3) is 0.625. The van der Waals surface area contributed by atoms with E-state index >= 15 is 0 Å². The van der Waals surface area contributed by atoms with Gasteiger partial charge in [0.2, 0.25) is 11.8 Å². The molecule has 2 aliphatic heterocycles. The molecule has 58 heavy (non-hydrogen) atoms. The largest absolute Gasteiger partial charge is 0.513 e. The summed E-state index contributed by atoms with van der Waals surface area (Å²) in [5.74, 6) is 2.02. The van der Waals surface area contributed by atoms with Gasteiger partial charge in [-0.15, -0.1) is 0 Å². The highest BCUT2D eigenvalue weighted by Gasteiger charge is 2.40. The topological polar surface area (TPSA) is 113 Å². The minimum atomic E-state index is -0.532. The lowest BCUT2D eigenvalue weighted by molar-refractivity contribution is -0.164. The summed E-state index contributed by atoms with van der Waals surface area (Å²) in [4.78, 5) is 54.0. The van der Waals surface area contributed by atoms with Crippen molar-refractivity contribution in [2.24, 2.45) is 35.5 Å². The van der Waals surface area contributed by atoms with Crippen LogP contribution in [0.15, 0.2) is 73.0 Å². The van der Waals surface area contributed by atoms with Crippen LogP contribution in [0.3, 0.4) is 0 Å². The third-order valence-corrected chi connectivity index (χ3v) is 11.6. The van der Waals surface area contributed by atoms with E-state index in [0.29, 0.717) is 50.4 Å². The molecule has 5 atom stereocenters. The van der Waals surface area contributed by atoms with Gasteiger partial charge in [0, 0.05) is 30.8 Å². The first kappa shape index (κ1) is 50.4. The summed E-state index contributed by atoms with van der Waals surface area (Å²) in [7, 11) is 1.38. The Morgan fingerprint density at radius 2 is 1.12 bits per heavy atom. The molecule has 0 aromatic heterocycles. The summed E-state index contributed by atoms with van der Waals surface area (Å²) in [5.41, 5.74) is 1.78. The second kappa shape index (κ2) is 25.0. The zero-order valence-corrected chi connectivity index (χ0v) is 38.2. The molecule has 4 rings (SSSR count). The van der Waals surface area contributed by atoms with Gasteiger partial charge >= 0.3 is 11.9 Å². The SMILES string of the molecule is C=C(O)C(CCSC)C(C)C.CC(C)C(Cc1ccccc1)C(=O)N1CCC[C@H]1C(=O)OC(C)(C)C.COC(=O)C1CCCN1C(=O)C(Cc1ccccc1)C(C)C. The molecule has 2 fully saturated rings. The summed E-state index contributed by atoms with van der Waals surface area (Å²) < 4.78 is 10.4. The Bertz CT molecular complexity index is 1560. The number of carbonyl (C=O) groups is 4. The molecule has 324 valence electrons. The van der Waals surface area contributed by atoms with Gasteiger partial charge in [0.1, 0.15) is 17.7 Å². The summed E-state index contributed by atoms with van der Waals surface area (Å²) in [6, 6.07) is 19.3. The predicted octanol–water partition coefficient (Wildman–Crippen LogP) is 9.58. The number of methoxy groups -OCH3 is 1. The monoisotopic (exact) mass is 823 g/mol. The third kappa shape index (κ3) is 16.5. The molecular formula is C48H74N2O7S. The molecule has 9 nitrogen and oxygen atoms in total. The minimum Gasteiger partial charge on any atom is -0.513 e. The molecule has 0 aliphatic carbocycles. The van der Waals surface area contributed by atoms with Gasteiger partial charge in [0.05, 0.1) is 12.9 Å². The smallest absolute Gasteiger partial charge is 0.329 e. The summed E-state index contributed by atoms with van der Waals surface area (Å²) >= 11 is 1.81. The Morgan fingerprint density at radius 3 is 1.45 bits per heavy atom. The molecular weight excluding hydrogens is 749 g/mol. The molecule has 2 aromatic carbocycles. The molecule has 0 bridgehead atoms.